The average molecular weight is 246 g/mol. The Morgan fingerprint density at radius 2 is 1.93 bits per heavy atom. The van der Waals surface area contributed by atoms with E-state index in [1.165, 1.54) is 0 Å². The minimum atomic E-state index is -3.23. The van der Waals surface area contributed by atoms with Gasteiger partial charge in [-0.3, -0.25) is 0 Å². The minimum absolute atomic E-state index is 0.339. The van der Waals surface area contributed by atoms with Crippen LogP contribution in [-0.2, 0) is 9.84 Å². The lowest BCUT2D eigenvalue weighted by Crippen LogP contribution is -2.30. The third kappa shape index (κ3) is 2.17. The smallest absolute Gasteiger partial charge is 0.194 e. The number of hydrogen-bond acceptors (Lipinski definition) is 3. The van der Waals surface area contributed by atoms with E-state index in [2.05, 4.69) is 5.32 Å². The molecule has 0 radical (unpaired) electrons. The zero-order valence-corrected chi connectivity index (χ0v) is 9.68. The number of rotatable bonds is 2. The topological polar surface area (TPSA) is 46.2 Å². The van der Waals surface area contributed by atoms with Crippen molar-refractivity contribution in [1.29, 1.82) is 0 Å². The van der Waals surface area contributed by atoms with Crippen LogP contribution < -0.4 is 5.32 Å². The Bertz CT molecular complexity index is 435. The van der Waals surface area contributed by atoms with Crippen molar-refractivity contribution in [2.45, 2.75) is 23.1 Å². The Kier molecular flexibility index (Phi) is 3.00. The maximum atomic E-state index is 12.0. The first kappa shape index (κ1) is 10.9. The highest BCUT2D eigenvalue weighted by Gasteiger charge is 2.29. The van der Waals surface area contributed by atoms with Crippen LogP contribution in [0.1, 0.15) is 12.8 Å². The highest BCUT2D eigenvalue weighted by Crippen LogP contribution is 2.22. The Hall–Kier alpha value is -0.580. The molecule has 2 rings (SSSR count). The van der Waals surface area contributed by atoms with Crippen molar-refractivity contribution in [3.8, 4) is 0 Å². The molecule has 1 atom stereocenters. The summed E-state index contributed by atoms with van der Waals surface area (Å²) in [5.41, 5.74) is 0. The highest BCUT2D eigenvalue weighted by atomic mass is 35.5. The first-order valence-electron chi connectivity index (χ1n) is 4.83. The van der Waals surface area contributed by atoms with E-state index in [-0.39, 0.29) is 0 Å². The van der Waals surface area contributed by atoms with Gasteiger partial charge in [-0.25, -0.2) is 8.42 Å². The normalized spacial score (nSPS) is 21.8. The molecular weight excluding hydrogens is 234 g/mol. The first-order valence-corrected chi connectivity index (χ1v) is 6.76. The summed E-state index contributed by atoms with van der Waals surface area (Å²) in [6.07, 6.45) is 1.60. The molecule has 0 bridgehead atoms. The minimum Gasteiger partial charge on any atom is -0.301 e. The maximum Gasteiger partial charge on any atom is 0.194 e. The van der Waals surface area contributed by atoms with Crippen LogP contribution in [0.15, 0.2) is 29.2 Å². The number of hydrogen-bond donors (Lipinski definition) is 1. The summed E-state index contributed by atoms with van der Waals surface area (Å²) in [5, 5.41) is 3.11. The summed E-state index contributed by atoms with van der Waals surface area (Å²) in [6, 6.07) is 6.31. The third-order valence-electron chi connectivity index (χ3n) is 2.53. The largest absolute Gasteiger partial charge is 0.301 e. The molecule has 1 aromatic rings. The van der Waals surface area contributed by atoms with E-state index in [9.17, 15) is 8.42 Å². The van der Waals surface area contributed by atoms with Gasteiger partial charge in [0.25, 0.3) is 0 Å². The van der Waals surface area contributed by atoms with Crippen LogP contribution in [0.4, 0.5) is 0 Å². The molecule has 1 fully saturated rings. The molecular formula is C10H12ClNO2S. The first-order chi connectivity index (χ1) is 7.10. The van der Waals surface area contributed by atoms with Crippen LogP contribution in [0.2, 0.25) is 5.02 Å². The van der Waals surface area contributed by atoms with Gasteiger partial charge in [-0.05, 0) is 43.7 Å². The quantitative estimate of drug-likeness (QED) is 0.865. The van der Waals surface area contributed by atoms with Gasteiger partial charge in [-0.2, -0.15) is 0 Å². The fraction of sp³-hybridized carbons (Fsp3) is 0.400. The number of halogens is 1. The van der Waals surface area contributed by atoms with Crippen LogP contribution in [0, 0.1) is 0 Å². The van der Waals surface area contributed by atoms with E-state index in [1.807, 2.05) is 0 Å². The van der Waals surface area contributed by atoms with Crippen LogP contribution in [0.5, 0.6) is 0 Å². The lowest BCUT2D eigenvalue weighted by atomic mass is 10.4. The lowest BCUT2D eigenvalue weighted by Gasteiger charge is -2.11. The zero-order valence-electron chi connectivity index (χ0n) is 8.11. The second-order valence-electron chi connectivity index (χ2n) is 3.58. The van der Waals surface area contributed by atoms with E-state index < -0.39 is 15.2 Å². The maximum absolute atomic E-state index is 12.0. The van der Waals surface area contributed by atoms with Crippen molar-refractivity contribution in [2.24, 2.45) is 0 Å². The molecule has 1 aliphatic rings. The summed E-state index contributed by atoms with van der Waals surface area (Å²) < 4.78 is 24.1. The van der Waals surface area contributed by atoms with Crippen molar-refractivity contribution in [1.82, 2.24) is 5.32 Å². The van der Waals surface area contributed by atoms with Gasteiger partial charge in [0, 0.05) is 5.02 Å². The molecule has 1 aromatic carbocycles. The fourth-order valence-corrected chi connectivity index (χ4v) is 3.49. The molecule has 15 heavy (non-hydrogen) atoms. The van der Waals surface area contributed by atoms with Crippen LogP contribution in [0.25, 0.3) is 0 Å². The van der Waals surface area contributed by atoms with E-state index in [0.717, 1.165) is 13.0 Å². The van der Waals surface area contributed by atoms with Crippen molar-refractivity contribution in [2.75, 3.05) is 6.54 Å². The number of nitrogens with one attached hydrogen (secondary N) is 1. The molecule has 1 heterocycles. The Balaban J connectivity index is 2.32. The van der Waals surface area contributed by atoms with Crippen molar-refractivity contribution in [3.05, 3.63) is 29.3 Å². The van der Waals surface area contributed by atoms with Gasteiger partial charge in [0.05, 0.1) is 4.90 Å². The summed E-state index contributed by atoms with van der Waals surface area (Å²) in [7, 11) is -3.23. The Labute approximate surface area is 94.4 Å². The van der Waals surface area contributed by atoms with Gasteiger partial charge >= 0.3 is 0 Å². The van der Waals surface area contributed by atoms with Gasteiger partial charge in [-0.1, -0.05) is 11.6 Å². The van der Waals surface area contributed by atoms with E-state index in [0.29, 0.717) is 16.3 Å². The molecule has 0 amide bonds. The predicted octanol–water partition coefficient (Wildman–Crippen LogP) is 1.82. The fourth-order valence-electron chi connectivity index (χ4n) is 1.71. The van der Waals surface area contributed by atoms with Crippen molar-refractivity contribution < 1.29 is 8.42 Å². The molecule has 1 saturated heterocycles. The van der Waals surface area contributed by atoms with Crippen LogP contribution in [0.3, 0.4) is 0 Å². The van der Waals surface area contributed by atoms with E-state index >= 15 is 0 Å². The number of benzene rings is 1. The molecule has 82 valence electrons. The van der Waals surface area contributed by atoms with Gasteiger partial charge in [0.2, 0.25) is 0 Å². The van der Waals surface area contributed by atoms with Crippen LogP contribution >= 0.6 is 11.6 Å². The Morgan fingerprint density at radius 3 is 2.47 bits per heavy atom. The molecule has 3 nitrogen and oxygen atoms in total. The Morgan fingerprint density at radius 1 is 1.27 bits per heavy atom. The van der Waals surface area contributed by atoms with Crippen molar-refractivity contribution in [3.63, 3.8) is 0 Å². The average Bonchev–Trinajstić information content (AvgIpc) is 2.71. The molecule has 1 N–H and O–H groups in total. The molecule has 0 saturated carbocycles. The number of sulfone groups is 1. The van der Waals surface area contributed by atoms with Gasteiger partial charge in [-0.15, -0.1) is 0 Å². The van der Waals surface area contributed by atoms with E-state index in [1.54, 1.807) is 24.3 Å². The molecule has 0 aliphatic carbocycles. The molecule has 5 heteroatoms. The SMILES string of the molecule is O=S(=O)(c1ccc(Cl)cc1)C1CCCN1. The summed E-state index contributed by atoms with van der Waals surface area (Å²) in [6.45, 7) is 0.775. The molecule has 1 aliphatic heterocycles. The highest BCUT2D eigenvalue weighted by molar-refractivity contribution is 7.92. The standard InChI is InChI=1S/C10H12ClNO2S/c11-8-3-5-9(6-4-8)15(13,14)10-2-1-7-12-10/h3-6,10,12H,1-2,7H2. The molecule has 0 spiro atoms. The van der Waals surface area contributed by atoms with Crippen molar-refractivity contribution >= 4 is 21.4 Å². The summed E-state index contributed by atoms with van der Waals surface area (Å²) in [5.74, 6) is 0. The summed E-state index contributed by atoms with van der Waals surface area (Å²) >= 11 is 5.71. The monoisotopic (exact) mass is 245 g/mol. The van der Waals surface area contributed by atoms with Gasteiger partial charge in [0.1, 0.15) is 5.37 Å². The molecule has 0 aromatic heterocycles. The van der Waals surface area contributed by atoms with Crippen LogP contribution in [-0.4, -0.2) is 20.3 Å². The third-order valence-corrected chi connectivity index (χ3v) is 4.86. The summed E-state index contributed by atoms with van der Waals surface area (Å²) in [4.78, 5) is 0.339. The molecule has 1 unspecified atom stereocenters. The second-order valence-corrected chi connectivity index (χ2v) is 6.15. The van der Waals surface area contributed by atoms with E-state index in [4.69, 9.17) is 11.6 Å². The van der Waals surface area contributed by atoms with Gasteiger partial charge < -0.3 is 5.32 Å². The predicted molar refractivity (Wildman–Crippen MR) is 59.7 cm³/mol. The van der Waals surface area contributed by atoms with Gasteiger partial charge in [0.15, 0.2) is 9.84 Å². The zero-order chi connectivity index (χ0) is 10.9. The second kappa shape index (κ2) is 4.12. The lowest BCUT2D eigenvalue weighted by molar-refractivity contribution is 0.571.